The van der Waals surface area contributed by atoms with Gasteiger partial charge in [0.05, 0.1) is 24.0 Å². The van der Waals surface area contributed by atoms with Gasteiger partial charge in [0.25, 0.3) is 0 Å². The molecule has 0 aliphatic carbocycles. The van der Waals surface area contributed by atoms with Crippen molar-refractivity contribution in [3.05, 3.63) is 36.9 Å². The number of nitrogens with one attached hydrogen (secondary N) is 1. The Hall–Kier alpha value is -2.28. The number of carbonyl (C=O) groups excluding carboxylic acids is 1. The number of aromatic nitrogens is 4. The van der Waals surface area contributed by atoms with Crippen molar-refractivity contribution in [2.24, 2.45) is 5.92 Å². The third-order valence-electron chi connectivity index (χ3n) is 3.60. The van der Waals surface area contributed by atoms with Gasteiger partial charge in [-0.15, -0.1) is 0 Å². The third-order valence-corrected chi connectivity index (χ3v) is 3.60. The van der Waals surface area contributed by atoms with Gasteiger partial charge >= 0.3 is 0 Å². The second-order valence-corrected chi connectivity index (χ2v) is 4.87. The van der Waals surface area contributed by atoms with Crippen LogP contribution in [0.2, 0.25) is 0 Å². The standard InChI is InChI=1S/C14H17N5O2/c1-2-19-5-4-17-13(19)12-11(3-6-21-12)14(20)18-10-7-15-9-16-8-10/h4-5,7-9,11-12H,2-3,6H2,1H3,(H,18,20)/t11-,12-/m1/s1. The molecule has 1 N–H and O–H groups in total. The van der Waals surface area contributed by atoms with Gasteiger partial charge in [0.2, 0.25) is 5.91 Å². The first kappa shape index (κ1) is 13.7. The Bertz CT molecular complexity index is 613. The Balaban J connectivity index is 1.76. The molecule has 1 fully saturated rings. The first-order chi connectivity index (χ1) is 10.3. The Morgan fingerprint density at radius 2 is 2.29 bits per heavy atom. The van der Waals surface area contributed by atoms with Crippen LogP contribution in [0, 0.1) is 5.92 Å². The van der Waals surface area contributed by atoms with Crippen LogP contribution >= 0.6 is 0 Å². The zero-order valence-electron chi connectivity index (χ0n) is 11.8. The van der Waals surface area contributed by atoms with Crippen molar-refractivity contribution in [3.63, 3.8) is 0 Å². The maximum atomic E-state index is 12.4. The minimum atomic E-state index is -0.301. The van der Waals surface area contributed by atoms with Crippen LogP contribution in [-0.2, 0) is 16.1 Å². The first-order valence-electron chi connectivity index (χ1n) is 6.98. The zero-order chi connectivity index (χ0) is 14.7. The number of aryl methyl sites for hydroxylation is 1. The number of hydrogen-bond acceptors (Lipinski definition) is 5. The Morgan fingerprint density at radius 3 is 3.05 bits per heavy atom. The zero-order valence-corrected chi connectivity index (χ0v) is 11.8. The molecule has 0 bridgehead atoms. The SMILES string of the molecule is CCn1ccnc1[C@@H]1OCC[C@H]1C(=O)Nc1cncnc1. The van der Waals surface area contributed by atoms with Gasteiger partial charge in [0.1, 0.15) is 18.3 Å². The number of rotatable bonds is 4. The first-order valence-corrected chi connectivity index (χ1v) is 6.98. The molecule has 0 radical (unpaired) electrons. The van der Waals surface area contributed by atoms with Crippen LogP contribution in [0.3, 0.4) is 0 Å². The van der Waals surface area contributed by atoms with Crippen molar-refractivity contribution in [3.8, 4) is 0 Å². The second-order valence-electron chi connectivity index (χ2n) is 4.87. The Morgan fingerprint density at radius 1 is 1.48 bits per heavy atom. The molecule has 3 rings (SSSR count). The largest absolute Gasteiger partial charge is 0.369 e. The van der Waals surface area contributed by atoms with Crippen molar-refractivity contribution < 1.29 is 9.53 Å². The van der Waals surface area contributed by atoms with Gasteiger partial charge < -0.3 is 14.6 Å². The lowest BCUT2D eigenvalue weighted by molar-refractivity contribution is -0.121. The molecule has 2 aromatic heterocycles. The normalized spacial score (nSPS) is 21.4. The summed E-state index contributed by atoms with van der Waals surface area (Å²) in [6.45, 7) is 3.40. The summed E-state index contributed by atoms with van der Waals surface area (Å²) >= 11 is 0. The summed E-state index contributed by atoms with van der Waals surface area (Å²) in [7, 11) is 0. The van der Waals surface area contributed by atoms with E-state index in [0.29, 0.717) is 18.7 Å². The van der Waals surface area contributed by atoms with E-state index in [0.717, 1.165) is 12.4 Å². The minimum Gasteiger partial charge on any atom is -0.369 e. The van der Waals surface area contributed by atoms with E-state index >= 15 is 0 Å². The monoisotopic (exact) mass is 287 g/mol. The molecule has 1 aliphatic heterocycles. The van der Waals surface area contributed by atoms with Crippen LogP contribution in [0.15, 0.2) is 31.1 Å². The minimum absolute atomic E-state index is 0.0852. The van der Waals surface area contributed by atoms with E-state index < -0.39 is 0 Å². The highest BCUT2D eigenvalue weighted by atomic mass is 16.5. The lowest BCUT2D eigenvalue weighted by atomic mass is 9.99. The summed E-state index contributed by atoms with van der Waals surface area (Å²) in [5, 5.41) is 2.83. The van der Waals surface area contributed by atoms with Crippen LogP contribution < -0.4 is 5.32 Å². The third kappa shape index (κ3) is 2.78. The molecule has 0 saturated carbocycles. The van der Waals surface area contributed by atoms with E-state index in [-0.39, 0.29) is 17.9 Å². The number of nitrogens with zero attached hydrogens (tertiary/aromatic N) is 4. The van der Waals surface area contributed by atoms with Crippen molar-refractivity contribution in [2.45, 2.75) is 26.0 Å². The molecule has 1 saturated heterocycles. The molecule has 110 valence electrons. The van der Waals surface area contributed by atoms with Crippen LogP contribution in [0.5, 0.6) is 0 Å². The van der Waals surface area contributed by atoms with Gasteiger partial charge in [-0.2, -0.15) is 0 Å². The van der Waals surface area contributed by atoms with Gasteiger partial charge in [-0.05, 0) is 13.3 Å². The molecule has 3 heterocycles. The van der Waals surface area contributed by atoms with Crippen LogP contribution in [0.25, 0.3) is 0 Å². The molecular weight excluding hydrogens is 270 g/mol. The smallest absolute Gasteiger partial charge is 0.230 e. The van der Waals surface area contributed by atoms with Crippen molar-refractivity contribution in [2.75, 3.05) is 11.9 Å². The summed E-state index contributed by atoms with van der Waals surface area (Å²) in [5.74, 6) is 0.468. The second kappa shape index (κ2) is 6.01. The maximum Gasteiger partial charge on any atom is 0.230 e. The van der Waals surface area contributed by atoms with E-state index in [2.05, 4.69) is 20.3 Å². The fourth-order valence-corrected chi connectivity index (χ4v) is 2.56. The van der Waals surface area contributed by atoms with Gasteiger partial charge in [-0.3, -0.25) is 4.79 Å². The van der Waals surface area contributed by atoms with Gasteiger partial charge in [0, 0.05) is 25.5 Å². The molecule has 0 aromatic carbocycles. The highest BCUT2D eigenvalue weighted by Crippen LogP contribution is 2.34. The van der Waals surface area contributed by atoms with Gasteiger partial charge in [-0.1, -0.05) is 0 Å². The van der Waals surface area contributed by atoms with E-state index in [1.807, 2.05) is 17.7 Å². The Labute approximate surface area is 122 Å². The average molecular weight is 287 g/mol. The van der Waals surface area contributed by atoms with Crippen molar-refractivity contribution in [1.82, 2.24) is 19.5 Å². The van der Waals surface area contributed by atoms with Crippen LogP contribution in [0.1, 0.15) is 25.3 Å². The topological polar surface area (TPSA) is 81.9 Å². The number of carbonyl (C=O) groups is 1. The molecular formula is C14H17N5O2. The lowest BCUT2D eigenvalue weighted by Crippen LogP contribution is -2.27. The molecule has 21 heavy (non-hydrogen) atoms. The molecule has 2 aromatic rings. The molecule has 1 aliphatic rings. The lowest BCUT2D eigenvalue weighted by Gasteiger charge is -2.18. The summed E-state index contributed by atoms with van der Waals surface area (Å²) in [4.78, 5) is 24.6. The average Bonchev–Trinajstić information content (AvgIpc) is 3.16. The number of imidazole rings is 1. The maximum absolute atomic E-state index is 12.4. The van der Waals surface area contributed by atoms with Crippen LogP contribution in [0.4, 0.5) is 5.69 Å². The van der Waals surface area contributed by atoms with Crippen LogP contribution in [-0.4, -0.2) is 32.0 Å². The number of anilines is 1. The molecule has 7 nitrogen and oxygen atoms in total. The molecule has 7 heteroatoms. The molecule has 2 atom stereocenters. The highest BCUT2D eigenvalue weighted by molar-refractivity contribution is 5.92. The molecule has 0 unspecified atom stereocenters. The predicted octanol–water partition coefficient (Wildman–Crippen LogP) is 1.41. The Kier molecular flexibility index (Phi) is 3.92. The predicted molar refractivity (Wildman–Crippen MR) is 75.4 cm³/mol. The number of amides is 1. The van der Waals surface area contributed by atoms with Crippen molar-refractivity contribution in [1.29, 1.82) is 0 Å². The van der Waals surface area contributed by atoms with Crippen molar-refractivity contribution >= 4 is 11.6 Å². The van der Waals surface area contributed by atoms with E-state index in [1.165, 1.54) is 6.33 Å². The van der Waals surface area contributed by atoms with Gasteiger partial charge in [-0.25, -0.2) is 15.0 Å². The van der Waals surface area contributed by atoms with E-state index in [1.54, 1.807) is 18.6 Å². The molecule has 1 amide bonds. The fraction of sp³-hybridized carbons (Fsp3) is 0.429. The van der Waals surface area contributed by atoms with E-state index in [9.17, 15) is 4.79 Å². The van der Waals surface area contributed by atoms with Gasteiger partial charge in [0.15, 0.2) is 0 Å². The number of ether oxygens (including phenoxy) is 1. The fourth-order valence-electron chi connectivity index (χ4n) is 2.56. The summed E-state index contributed by atoms with van der Waals surface area (Å²) in [5.41, 5.74) is 0.590. The summed E-state index contributed by atoms with van der Waals surface area (Å²) < 4.78 is 7.74. The quantitative estimate of drug-likeness (QED) is 0.919. The number of hydrogen-bond donors (Lipinski definition) is 1. The highest BCUT2D eigenvalue weighted by Gasteiger charge is 2.37. The van der Waals surface area contributed by atoms with E-state index in [4.69, 9.17) is 4.74 Å². The molecule has 0 spiro atoms. The summed E-state index contributed by atoms with van der Waals surface area (Å²) in [6, 6.07) is 0. The summed E-state index contributed by atoms with van der Waals surface area (Å²) in [6.07, 6.45) is 8.59.